The highest BCUT2D eigenvalue weighted by atomic mass is 19.4. The Kier molecular flexibility index (Phi) is 3.28. The number of hydrogen-bond acceptors (Lipinski definition) is 2. The van der Waals surface area contributed by atoms with Gasteiger partial charge in [0.2, 0.25) is 0 Å². The molecule has 1 aromatic carbocycles. The van der Waals surface area contributed by atoms with Crippen molar-refractivity contribution in [3.63, 3.8) is 0 Å². The summed E-state index contributed by atoms with van der Waals surface area (Å²) in [4.78, 5) is 10.7. The summed E-state index contributed by atoms with van der Waals surface area (Å²) < 4.78 is 38.3. The van der Waals surface area contributed by atoms with E-state index in [1.165, 1.54) is 0 Å². The molecule has 2 N–H and O–H groups in total. The Labute approximate surface area is 105 Å². The van der Waals surface area contributed by atoms with Crippen LogP contribution in [0.4, 0.5) is 13.2 Å². The monoisotopic (exact) mass is 270 g/mol. The van der Waals surface area contributed by atoms with Gasteiger partial charge in [-0.1, -0.05) is 30.3 Å². The maximum Gasteiger partial charge on any atom is 0.433 e. The molecular weight excluding hydrogens is 261 g/mol. The fourth-order valence-electron chi connectivity index (χ4n) is 1.76. The largest absolute Gasteiger partial charge is 0.481 e. The highest BCUT2D eigenvalue weighted by molar-refractivity contribution is 5.75. The van der Waals surface area contributed by atoms with Crippen LogP contribution in [0.2, 0.25) is 0 Å². The molecule has 0 aliphatic carbocycles. The standard InChI is InChI=1S/C12H9F3N2O2/c13-12(14,15)11-8(6-9(18)19)10(16-17-11)7-4-2-1-3-5-7/h1-5H,6H2,(H,16,17)(H,18,19). The quantitative estimate of drug-likeness (QED) is 0.901. The van der Waals surface area contributed by atoms with Crippen LogP contribution in [0.1, 0.15) is 11.3 Å². The number of carboxylic acid groups (broad SMARTS) is 1. The Hall–Kier alpha value is -2.31. The van der Waals surface area contributed by atoms with Crippen molar-refractivity contribution in [1.82, 2.24) is 10.2 Å². The van der Waals surface area contributed by atoms with E-state index >= 15 is 0 Å². The normalized spacial score (nSPS) is 11.5. The molecule has 4 nitrogen and oxygen atoms in total. The molecule has 2 aromatic rings. The van der Waals surface area contributed by atoms with E-state index in [0.29, 0.717) is 5.56 Å². The maximum atomic E-state index is 12.8. The zero-order valence-electron chi connectivity index (χ0n) is 9.53. The summed E-state index contributed by atoms with van der Waals surface area (Å²) in [5.41, 5.74) is -1.03. The zero-order valence-corrected chi connectivity index (χ0v) is 9.53. The van der Waals surface area contributed by atoms with Crippen LogP contribution in [0, 0.1) is 0 Å². The molecule has 0 fully saturated rings. The van der Waals surface area contributed by atoms with Gasteiger partial charge in [0.1, 0.15) is 5.69 Å². The van der Waals surface area contributed by atoms with E-state index in [4.69, 9.17) is 5.11 Å². The van der Waals surface area contributed by atoms with E-state index in [0.717, 1.165) is 0 Å². The second-order valence-electron chi connectivity index (χ2n) is 3.86. The SMILES string of the molecule is O=C(O)Cc1c(-c2ccccc2)n[nH]c1C(F)(F)F. The van der Waals surface area contributed by atoms with Crippen molar-refractivity contribution in [1.29, 1.82) is 0 Å². The van der Waals surface area contributed by atoms with Crippen molar-refractivity contribution >= 4 is 5.97 Å². The molecule has 2 rings (SSSR count). The molecular formula is C12H9F3N2O2. The minimum absolute atomic E-state index is 0.00956. The Morgan fingerprint density at radius 2 is 1.89 bits per heavy atom. The fraction of sp³-hybridized carbons (Fsp3) is 0.167. The average molecular weight is 270 g/mol. The van der Waals surface area contributed by atoms with Gasteiger partial charge in [0, 0.05) is 11.1 Å². The van der Waals surface area contributed by atoms with Crippen LogP contribution < -0.4 is 0 Å². The van der Waals surface area contributed by atoms with E-state index in [2.05, 4.69) is 5.10 Å². The molecule has 19 heavy (non-hydrogen) atoms. The summed E-state index contributed by atoms with van der Waals surface area (Å²) in [5, 5.41) is 14.2. The number of aliphatic carboxylic acids is 1. The third-order valence-corrected chi connectivity index (χ3v) is 2.53. The lowest BCUT2D eigenvalue weighted by atomic mass is 10.0. The van der Waals surface area contributed by atoms with Gasteiger partial charge in [0.15, 0.2) is 0 Å². The van der Waals surface area contributed by atoms with Crippen molar-refractivity contribution in [3.8, 4) is 11.3 Å². The second kappa shape index (κ2) is 4.75. The third-order valence-electron chi connectivity index (χ3n) is 2.53. The predicted molar refractivity (Wildman–Crippen MR) is 60.4 cm³/mol. The maximum absolute atomic E-state index is 12.8. The van der Waals surface area contributed by atoms with Gasteiger partial charge < -0.3 is 5.11 Å². The molecule has 0 saturated carbocycles. The Morgan fingerprint density at radius 1 is 1.26 bits per heavy atom. The van der Waals surface area contributed by atoms with Crippen molar-refractivity contribution in [2.24, 2.45) is 0 Å². The van der Waals surface area contributed by atoms with Crippen LogP contribution in [0.5, 0.6) is 0 Å². The number of alkyl halides is 3. The first kappa shape index (κ1) is 13.1. The first-order valence-electron chi connectivity index (χ1n) is 5.31. The second-order valence-corrected chi connectivity index (χ2v) is 3.86. The summed E-state index contributed by atoms with van der Waals surface area (Å²) in [6.45, 7) is 0. The van der Waals surface area contributed by atoms with E-state index in [1.54, 1.807) is 30.3 Å². The zero-order chi connectivity index (χ0) is 14.0. The number of rotatable bonds is 3. The third kappa shape index (κ3) is 2.75. The highest BCUT2D eigenvalue weighted by Gasteiger charge is 2.37. The lowest BCUT2D eigenvalue weighted by Gasteiger charge is -2.06. The molecule has 0 spiro atoms. The van der Waals surface area contributed by atoms with Gasteiger partial charge in [-0.05, 0) is 0 Å². The predicted octanol–water partition coefficient (Wildman–Crippen LogP) is 2.72. The van der Waals surface area contributed by atoms with Gasteiger partial charge in [-0.25, -0.2) is 0 Å². The minimum Gasteiger partial charge on any atom is -0.481 e. The molecule has 100 valence electrons. The number of carboxylic acids is 1. The number of nitrogens with zero attached hydrogens (tertiary/aromatic N) is 1. The van der Waals surface area contributed by atoms with Crippen LogP contribution in [-0.4, -0.2) is 21.3 Å². The lowest BCUT2D eigenvalue weighted by molar-refractivity contribution is -0.142. The summed E-state index contributed by atoms with van der Waals surface area (Å²) in [5.74, 6) is -1.34. The van der Waals surface area contributed by atoms with Crippen molar-refractivity contribution in [3.05, 3.63) is 41.6 Å². The summed E-state index contributed by atoms with van der Waals surface area (Å²) in [7, 11) is 0. The van der Waals surface area contributed by atoms with Crippen LogP contribution >= 0.6 is 0 Å². The molecule has 0 atom stereocenters. The van der Waals surface area contributed by atoms with Crippen molar-refractivity contribution in [2.45, 2.75) is 12.6 Å². The molecule has 0 aliphatic rings. The van der Waals surface area contributed by atoms with E-state index in [1.807, 2.05) is 5.10 Å². The van der Waals surface area contributed by atoms with Gasteiger partial charge in [0.05, 0.1) is 12.1 Å². The molecule has 0 amide bonds. The number of aromatic amines is 1. The lowest BCUT2D eigenvalue weighted by Crippen LogP contribution is -2.12. The van der Waals surface area contributed by atoms with Gasteiger partial charge in [0.25, 0.3) is 0 Å². The molecule has 0 bridgehead atoms. The van der Waals surface area contributed by atoms with Gasteiger partial charge in [-0.2, -0.15) is 18.3 Å². The van der Waals surface area contributed by atoms with Crippen LogP contribution in [0.25, 0.3) is 11.3 Å². The van der Waals surface area contributed by atoms with Crippen molar-refractivity contribution < 1.29 is 23.1 Å². The van der Waals surface area contributed by atoms with Crippen LogP contribution in [-0.2, 0) is 17.4 Å². The molecule has 0 radical (unpaired) electrons. The van der Waals surface area contributed by atoms with E-state index < -0.39 is 24.3 Å². The number of halogens is 3. The van der Waals surface area contributed by atoms with Crippen LogP contribution in [0.15, 0.2) is 30.3 Å². The fourth-order valence-corrected chi connectivity index (χ4v) is 1.76. The van der Waals surface area contributed by atoms with Crippen LogP contribution in [0.3, 0.4) is 0 Å². The number of H-pyrrole nitrogens is 1. The summed E-state index contributed by atoms with van der Waals surface area (Å²) in [6, 6.07) is 8.13. The molecule has 7 heteroatoms. The van der Waals surface area contributed by atoms with Gasteiger partial charge >= 0.3 is 12.1 Å². The summed E-state index contributed by atoms with van der Waals surface area (Å²) >= 11 is 0. The Morgan fingerprint density at radius 3 is 2.42 bits per heavy atom. The minimum atomic E-state index is -4.66. The van der Waals surface area contributed by atoms with Crippen molar-refractivity contribution in [2.75, 3.05) is 0 Å². The molecule has 0 aliphatic heterocycles. The molecule has 1 heterocycles. The topological polar surface area (TPSA) is 66.0 Å². The molecule has 0 saturated heterocycles. The first-order valence-corrected chi connectivity index (χ1v) is 5.31. The summed E-state index contributed by atoms with van der Waals surface area (Å²) in [6.07, 6.45) is -5.40. The number of hydrogen-bond donors (Lipinski definition) is 2. The number of carbonyl (C=O) groups is 1. The van der Waals surface area contributed by atoms with Gasteiger partial charge in [-0.15, -0.1) is 0 Å². The Bertz CT molecular complexity index is 591. The highest BCUT2D eigenvalue weighted by Crippen LogP contribution is 2.35. The molecule has 0 unspecified atom stereocenters. The number of aromatic nitrogens is 2. The van der Waals surface area contributed by atoms with E-state index in [-0.39, 0.29) is 11.3 Å². The number of benzene rings is 1. The Balaban J connectivity index is 2.56. The first-order chi connectivity index (χ1) is 8.89. The smallest absolute Gasteiger partial charge is 0.433 e. The number of nitrogens with one attached hydrogen (secondary N) is 1. The molecule has 1 aromatic heterocycles. The average Bonchev–Trinajstić information content (AvgIpc) is 2.72. The van der Waals surface area contributed by atoms with Gasteiger partial charge in [-0.3, -0.25) is 9.89 Å². The van der Waals surface area contributed by atoms with E-state index in [9.17, 15) is 18.0 Å².